The average Bonchev–Trinajstić information content (AvgIpc) is 2.51. The van der Waals surface area contributed by atoms with Gasteiger partial charge in [-0.2, -0.15) is 13.2 Å². The Morgan fingerprint density at radius 1 is 1.25 bits per heavy atom. The third kappa shape index (κ3) is 4.27. The van der Waals surface area contributed by atoms with Crippen LogP contribution in [0.5, 0.6) is 0 Å². The highest BCUT2D eigenvalue weighted by molar-refractivity contribution is 6.35. The molecule has 1 amide bonds. The summed E-state index contributed by atoms with van der Waals surface area (Å²) in [6.45, 7) is 3.61. The zero-order chi connectivity index (χ0) is 17.9. The molecule has 0 aliphatic rings. The summed E-state index contributed by atoms with van der Waals surface area (Å²) in [7, 11) is 0. The Bertz CT molecular complexity index is 791. The van der Waals surface area contributed by atoms with Crippen molar-refractivity contribution in [2.45, 2.75) is 6.18 Å². The van der Waals surface area contributed by atoms with Gasteiger partial charge in [0, 0.05) is 12.7 Å². The van der Waals surface area contributed by atoms with Crippen LogP contribution < -0.4 is 5.32 Å². The molecule has 0 aliphatic heterocycles. The molecule has 8 heteroatoms. The number of benzene rings is 1. The van der Waals surface area contributed by atoms with E-state index in [-0.39, 0.29) is 11.6 Å². The molecule has 24 heavy (non-hydrogen) atoms. The number of rotatable bonds is 4. The number of nitrogens with zero attached hydrogens (tertiary/aromatic N) is 1. The standard InChI is InChI=1S/C16H11Cl2F3N2O/c1-9(14-13(18)6-10(17)8-22-14)7-23-15(24)11-4-2-3-5-12(11)16(19,20)21/h2-6,8H,1,7H2,(H,23,24). The smallest absolute Gasteiger partial charge is 0.348 e. The minimum atomic E-state index is -4.62. The van der Waals surface area contributed by atoms with E-state index in [0.717, 1.165) is 12.1 Å². The minimum absolute atomic E-state index is 0.112. The number of carbonyl (C=O) groups excluding carboxylic acids is 1. The molecule has 1 aromatic carbocycles. The maximum Gasteiger partial charge on any atom is 0.417 e. The first-order chi connectivity index (χ1) is 11.2. The molecule has 0 bridgehead atoms. The van der Waals surface area contributed by atoms with Crippen molar-refractivity contribution < 1.29 is 18.0 Å². The first-order valence-corrected chi connectivity index (χ1v) is 7.39. The lowest BCUT2D eigenvalue weighted by Gasteiger charge is -2.13. The molecular weight excluding hydrogens is 364 g/mol. The third-order valence-electron chi connectivity index (χ3n) is 3.08. The van der Waals surface area contributed by atoms with Crippen LogP contribution in [0.15, 0.2) is 43.1 Å². The number of halogens is 5. The average molecular weight is 375 g/mol. The van der Waals surface area contributed by atoms with E-state index in [1.165, 1.54) is 24.4 Å². The molecule has 0 spiro atoms. The molecule has 0 unspecified atom stereocenters. The van der Waals surface area contributed by atoms with Crippen molar-refractivity contribution in [3.63, 3.8) is 0 Å². The quantitative estimate of drug-likeness (QED) is 0.830. The molecule has 0 atom stereocenters. The zero-order valence-corrected chi connectivity index (χ0v) is 13.6. The second-order valence-corrected chi connectivity index (χ2v) is 5.66. The van der Waals surface area contributed by atoms with Gasteiger partial charge in [0.1, 0.15) is 0 Å². The number of hydrogen-bond donors (Lipinski definition) is 1. The van der Waals surface area contributed by atoms with Crippen LogP contribution >= 0.6 is 23.2 Å². The van der Waals surface area contributed by atoms with Gasteiger partial charge in [0.2, 0.25) is 0 Å². The molecule has 0 radical (unpaired) electrons. The molecular formula is C16H11Cl2F3N2O. The van der Waals surface area contributed by atoms with Crippen LogP contribution in [0.1, 0.15) is 21.6 Å². The van der Waals surface area contributed by atoms with Crippen molar-refractivity contribution in [1.82, 2.24) is 10.3 Å². The van der Waals surface area contributed by atoms with Gasteiger partial charge in [0.05, 0.1) is 26.9 Å². The van der Waals surface area contributed by atoms with Gasteiger partial charge < -0.3 is 5.32 Å². The van der Waals surface area contributed by atoms with Crippen LogP contribution in [0.2, 0.25) is 10.0 Å². The lowest BCUT2D eigenvalue weighted by atomic mass is 10.1. The number of nitrogens with one attached hydrogen (secondary N) is 1. The van der Waals surface area contributed by atoms with Crippen molar-refractivity contribution in [2.75, 3.05) is 6.54 Å². The van der Waals surface area contributed by atoms with Crippen LogP contribution in [0.25, 0.3) is 5.57 Å². The molecule has 1 N–H and O–H groups in total. The summed E-state index contributed by atoms with van der Waals surface area (Å²) in [5.41, 5.74) is -0.816. The lowest BCUT2D eigenvalue weighted by Crippen LogP contribution is -2.27. The maximum atomic E-state index is 12.9. The second-order valence-electron chi connectivity index (χ2n) is 4.81. The van der Waals surface area contributed by atoms with Crippen LogP contribution in [-0.4, -0.2) is 17.4 Å². The van der Waals surface area contributed by atoms with Gasteiger partial charge in [-0.3, -0.25) is 9.78 Å². The molecule has 2 aromatic rings. The van der Waals surface area contributed by atoms with Gasteiger partial charge in [0.15, 0.2) is 0 Å². The zero-order valence-electron chi connectivity index (χ0n) is 12.1. The third-order valence-corrected chi connectivity index (χ3v) is 3.58. The lowest BCUT2D eigenvalue weighted by molar-refractivity contribution is -0.137. The second kappa shape index (κ2) is 7.23. The van der Waals surface area contributed by atoms with Crippen molar-refractivity contribution in [3.8, 4) is 0 Å². The van der Waals surface area contributed by atoms with Crippen LogP contribution in [-0.2, 0) is 6.18 Å². The highest BCUT2D eigenvalue weighted by Crippen LogP contribution is 2.31. The molecule has 126 valence electrons. The molecule has 0 fully saturated rings. The number of aromatic nitrogens is 1. The van der Waals surface area contributed by atoms with Crippen molar-refractivity contribution in [1.29, 1.82) is 0 Å². The number of carbonyl (C=O) groups is 1. The van der Waals surface area contributed by atoms with Gasteiger partial charge in [-0.1, -0.05) is 41.9 Å². The summed E-state index contributed by atoms with van der Waals surface area (Å²) in [4.78, 5) is 16.1. The monoisotopic (exact) mass is 374 g/mol. The van der Waals surface area contributed by atoms with Crippen LogP contribution in [0, 0.1) is 0 Å². The highest BCUT2D eigenvalue weighted by atomic mass is 35.5. The van der Waals surface area contributed by atoms with E-state index < -0.39 is 23.2 Å². The number of alkyl halides is 3. The van der Waals surface area contributed by atoms with Gasteiger partial charge in [-0.05, 0) is 23.8 Å². The number of pyridine rings is 1. The summed E-state index contributed by atoms with van der Waals surface area (Å²) < 4.78 is 38.8. The SMILES string of the molecule is C=C(CNC(=O)c1ccccc1C(F)(F)F)c1ncc(Cl)cc1Cl. The molecule has 1 heterocycles. The fourth-order valence-corrected chi connectivity index (χ4v) is 2.48. The van der Waals surface area contributed by atoms with Gasteiger partial charge in [-0.25, -0.2) is 0 Å². The Labute approximate surface area is 146 Å². The molecule has 2 rings (SSSR count). The number of hydrogen-bond acceptors (Lipinski definition) is 2. The van der Waals surface area contributed by atoms with Gasteiger partial charge >= 0.3 is 6.18 Å². The molecule has 3 nitrogen and oxygen atoms in total. The summed E-state index contributed by atoms with van der Waals surface area (Å²) in [6.07, 6.45) is -3.26. The normalized spacial score (nSPS) is 11.2. The summed E-state index contributed by atoms with van der Waals surface area (Å²) >= 11 is 11.7. The minimum Gasteiger partial charge on any atom is -0.348 e. The maximum absolute atomic E-state index is 12.9. The Morgan fingerprint density at radius 3 is 2.54 bits per heavy atom. The Balaban J connectivity index is 2.13. The summed E-state index contributed by atoms with van der Waals surface area (Å²) in [6, 6.07) is 5.99. The first kappa shape index (κ1) is 18.3. The number of amides is 1. The van der Waals surface area contributed by atoms with E-state index in [2.05, 4.69) is 16.9 Å². The first-order valence-electron chi connectivity index (χ1n) is 6.63. The summed E-state index contributed by atoms with van der Waals surface area (Å²) in [5, 5.41) is 2.95. The van der Waals surface area contributed by atoms with E-state index in [1.54, 1.807) is 0 Å². The van der Waals surface area contributed by atoms with Crippen molar-refractivity contribution >= 4 is 34.7 Å². The van der Waals surface area contributed by atoms with Gasteiger partial charge in [-0.15, -0.1) is 0 Å². The fourth-order valence-electron chi connectivity index (χ4n) is 1.97. The topological polar surface area (TPSA) is 42.0 Å². The fraction of sp³-hybridized carbons (Fsp3) is 0.125. The molecule has 0 aliphatic carbocycles. The van der Waals surface area contributed by atoms with E-state index in [9.17, 15) is 18.0 Å². The molecule has 1 aromatic heterocycles. The van der Waals surface area contributed by atoms with E-state index in [1.807, 2.05) is 0 Å². The Morgan fingerprint density at radius 2 is 1.92 bits per heavy atom. The summed E-state index contributed by atoms with van der Waals surface area (Å²) in [5.74, 6) is -0.867. The molecule has 0 saturated heterocycles. The van der Waals surface area contributed by atoms with Crippen LogP contribution in [0.4, 0.5) is 13.2 Å². The van der Waals surface area contributed by atoms with Gasteiger partial charge in [0.25, 0.3) is 5.91 Å². The van der Waals surface area contributed by atoms with E-state index >= 15 is 0 Å². The Hall–Kier alpha value is -2.05. The van der Waals surface area contributed by atoms with E-state index in [0.29, 0.717) is 16.3 Å². The highest BCUT2D eigenvalue weighted by Gasteiger charge is 2.34. The predicted octanol–water partition coefficient (Wildman–Crippen LogP) is 4.85. The van der Waals surface area contributed by atoms with Crippen molar-refractivity contribution in [3.05, 3.63) is 70.0 Å². The Kier molecular flexibility index (Phi) is 5.51. The molecule has 0 saturated carbocycles. The largest absolute Gasteiger partial charge is 0.417 e. The van der Waals surface area contributed by atoms with Crippen LogP contribution in [0.3, 0.4) is 0 Å². The predicted molar refractivity (Wildman–Crippen MR) is 87.1 cm³/mol. The van der Waals surface area contributed by atoms with Crippen molar-refractivity contribution in [2.24, 2.45) is 0 Å². The van der Waals surface area contributed by atoms with E-state index in [4.69, 9.17) is 23.2 Å².